The van der Waals surface area contributed by atoms with Gasteiger partial charge in [-0.05, 0) is 37.1 Å². The molecule has 0 aliphatic carbocycles. The first-order chi connectivity index (χ1) is 20.4. The number of hydrogen-bond acceptors (Lipinski definition) is 7. The molecule has 0 N–H and O–H groups in total. The molecule has 3 aromatic carbocycles. The van der Waals surface area contributed by atoms with E-state index in [0.29, 0.717) is 27.1 Å². The van der Waals surface area contributed by atoms with Gasteiger partial charge in [0.2, 0.25) is 0 Å². The Bertz CT molecular complexity index is 2050. The van der Waals surface area contributed by atoms with Crippen LogP contribution in [0.1, 0.15) is 36.6 Å². The van der Waals surface area contributed by atoms with E-state index < -0.39 is 16.9 Å². The molecule has 1 unspecified atom stereocenters. The molecule has 1 aliphatic heterocycles. The van der Waals surface area contributed by atoms with E-state index in [4.69, 9.17) is 4.74 Å². The second-order valence-electron chi connectivity index (χ2n) is 9.87. The highest BCUT2D eigenvalue weighted by atomic mass is 32.1. The monoisotopic (exact) mass is 578 g/mol. The third-order valence-electron chi connectivity index (χ3n) is 7.24. The number of nitrogens with zero attached hydrogens (tertiary/aromatic N) is 4. The summed E-state index contributed by atoms with van der Waals surface area (Å²) in [7, 11) is 0. The van der Waals surface area contributed by atoms with Gasteiger partial charge in [-0.3, -0.25) is 19.5 Å². The minimum atomic E-state index is -0.660. The number of carbonyl (C=O) groups excluding carboxylic acids is 1. The van der Waals surface area contributed by atoms with Crippen LogP contribution in [0, 0.1) is 10.1 Å². The van der Waals surface area contributed by atoms with E-state index in [-0.39, 0.29) is 17.9 Å². The van der Waals surface area contributed by atoms with Crippen molar-refractivity contribution in [3.8, 4) is 0 Å². The lowest BCUT2D eigenvalue weighted by molar-refractivity contribution is -0.384. The molecule has 1 aliphatic rings. The first-order valence-corrected chi connectivity index (χ1v) is 14.2. The number of para-hydroxylation sites is 1. The Labute approximate surface area is 244 Å². The van der Waals surface area contributed by atoms with Crippen molar-refractivity contribution in [3.63, 3.8) is 0 Å². The Morgan fingerprint density at radius 3 is 2.50 bits per heavy atom. The number of allylic oxidation sites excluding steroid dienone is 1. The van der Waals surface area contributed by atoms with E-state index in [1.165, 1.54) is 23.5 Å². The van der Waals surface area contributed by atoms with Gasteiger partial charge in [0, 0.05) is 41.3 Å². The Hall–Kier alpha value is -5.09. The van der Waals surface area contributed by atoms with Crippen LogP contribution in [0.3, 0.4) is 0 Å². The molecule has 0 saturated heterocycles. The molecule has 2 aromatic heterocycles. The molecule has 0 saturated carbocycles. The van der Waals surface area contributed by atoms with E-state index in [2.05, 4.69) is 9.56 Å². The number of ether oxygens (including phenoxy) is 1. The van der Waals surface area contributed by atoms with E-state index >= 15 is 0 Å². The minimum absolute atomic E-state index is 0.0438. The van der Waals surface area contributed by atoms with Crippen LogP contribution in [-0.4, -0.2) is 26.6 Å². The molecule has 6 rings (SSSR count). The van der Waals surface area contributed by atoms with Gasteiger partial charge in [-0.15, -0.1) is 0 Å². The predicted octanol–water partition coefficient (Wildman–Crippen LogP) is 4.71. The molecule has 0 fully saturated rings. The molecule has 42 heavy (non-hydrogen) atoms. The Kier molecular flexibility index (Phi) is 7.13. The van der Waals surface area contributed by atoms with Gasteiger partial charge in [0.1, 0.15) is 0 Å². The molecule has 210 valence electrons. The summed E-state index contributed by atoms with van der Waals surface area (Å²) in [5.41, 5.74) is 4.21. The van der Waals surface area contributed by atoms with Crippen LogP contribution in [0.15, 0.2) is 106 Å². The van der Waals surface area contributed by atoms with Crippen molar-refractivity contribution in [1.82, 2.24) is 9.13 Å². The molecule has 9 nitrogen and oxygen atoms in total. The van der Waals surface area contributed by atoms with Crippen molar-refractivity contribution in [2.24, 2.45) is 4.99 Å². The lowest BCUT2D eigenvalue weighted by atomic mass is 9.96. The second-order valence-corrected chi connectivity index (χ2v) is 10.9. The number of rotatable bonds is 7. The van der Waals surface area contributed by atoms with E-state index in [1.54, 1.807) is 30.5 Å². The number of carbonyl (C=O) groups is 1. The van der Waals surface area contributed by atoms with Crippen molar-refractivity contribution in [2.75, 3.05) is 6.61 Å². The summed E-state index contributed by atoms with van der Waals surface area (Å²) in [6, 6.07) is 23.2. The van der Waals surface area contributed by atoms with Crippen molar-refractivity contribution in [3.05, 3.63) is 143 Å². The molecule has 0 radical (unpaired) electrons. The molecule has 0 spiro atoms. The van der Waals surface area contributed by atoms with Crippen molar-refractivity contribution < 1.29 is 14.5 Å². The van der Waals surface area contributed by atoms with Crippen LogP contribution in [0.25, 0.3) is 17.0 Å². The average Bonchev–Trinajstić information content (AvgIpc) is 3.49. The first-order valence-electron chi connectivity index (χ1n) is 13.4. The number of nitro benzene ring substituents is 1. The third-order valence-corrected chi connectivity index (χ3v) is 8.22. The number of benzene rings is 3. The third kappa shape index (κ3) is 4.86. The number of aromatic nitrogens is 2. The molecule has 3 heterocycles. The van der Waals surface area contributed by atoms with E-state index in [0.717, 1.165) is 27.6 Å². The van der Waals surface area contributed by atoms with Gasteiger partial charge < -0.3 is 9.30 Å². The van der Waals surface area contributed by atoms with Crippen molar-refractivity contribution >= 4 is 40.0 Å². The van der Waals surface area contributed by atoms with Gasteiger partial charge in [-0.1, -0.05) is 72.0 Å². The van der Waals surface area contributed by atoms with Crippen molar-refractivity contribution in [2.45, 2.75) is 26.4 Å². The highest BCUT2D eigenvalue weighted by Gasteiger charge is 2.33. The summed E-state index contributed by atoms with van der Waals surface area (Å²) >= 11 is 1.28. The summed E-state index contributed by atoms with van der Waals surface area (Å²) in [6.07, 6.45) is 3.85. The normalized spacial score (nSPS) is 15.0. The molecule has 5 aromatic rings. The largest absolute Gasteiger partial charge is 0.463 e. The molecule has 10 heteroatoms. The molecule has 1 atom stereocenters. The van der Waals surface area contributed by atoms with E-state index in [9.17, 15) is 19.7 Å². The molecule has 0 bridgehead atoms. The summed E-state index contributed by atoms with van der Waals surface area (Å²) in [5.74, 6) is -0.490. The Morgan fingerprint density at radius 1 is 1.07 bits per heavy atom. The fourth-order valence-corrected chi connectivity index (χ4v) is 6.36. The van der Waals surface area contributed by atoms with Crippen molar-refractivity contribution in [1.29, 1.82) is 0 Å². The molecular formula is C32H26N4O5S. The summed E-state index contributed by atoms with van der Waals surface area (Å²) < 4.78 is 9.51. The molecule has 0 amide bonds. The number of esters is 1. The average molecular weight is 579 g/mol. The standard InChI is InChI=1S/C32H26N4O5S/c1-3-41-31(38)28-20(2)33-32-35(29(28)22-9-5-4-6-10-22)30(37)27(42-32)17-23-19-34(26-12-8-7-11-25(23)26)18-21-13-15-24(16-14-21)36(39)40/h4-17,19,29H,3,18H2,1-2H3. The zero-order chi connectivity index (χ0) is 29.4. The zero-order valence-electron chi connectivity index (χ0n) is 22.9. The van der Waals surface area contributed by atoms with Crippen LogP contribution in [0.4, 0.5) is 5.69 Å². The van der Waals surface area contributed by atoms with Crippen LogP contribution in [0.2, 0.25) is 0 Å². The van der Waals surface area contributed by atoms with Gasteiger partial charge in [0.15, 0.2) is 4.80 Å². The maximum atomic E-state index is 14.0. The van der Waals surface area contributed by atoms with E-state index in [1.807, 2.05) is 66.9 Å². The van der Waals surface area contributed by atoms with Crippen LogP contribution in [0.5, 0.6) is 0 Å². The fraction of sp³-hybridized carbons (Fsp3) is 0.156. The lowest BCUT2D eigenvalue weighted by Crippen LogP contribution is -2.39. The summed E-state index contributed by atoms with van der Waals surface area (Å²) in [5, 5.41) is 12.0. The predicted molar refractivity (Wildman–Crippen MR) is 161 cm³/mol. The number of fused-ring (bicyclic) bond motifs is 2. The van der Waals surface area contributed by atoms with Gasteiger partial charge in [0.05, 0.1) is 33.4 Å². The molecular weight excluding hydrogens is 552 g/mol. The Morgan fingerprint density at radius 2 is 1.79 bits per heavy atom. The van der Waals surface area contributed by atoms with Gasteiger partial charge >= 0.3 is 5.97 Å². The highest BCUT2D eigenvalue weighted by molar-refractivity contribution is 7.07. The van der Waals surface area contributed by atoms with Crippen LogP contribution in [-0.2, 0) is 16.1 Å². The SMILES string of the molecule is CCOC(=O)C1=C(C)N=c2sc(=Cc3cn(Cc4ccc([N+](=O)[O-])cc4)c4ccccc34)c(=O)n2C1c1ccccc1. The smallest absolute Gasteiger partial charge is 0.338 e. The first kappa shape index (κ1) is 27.1. The number of thiazole rings is 1. The van der Waals surface area contributed by atoms with Gasteiger partial charge in [-0.2, -0.15) is 0 Å². The zero-order valence-corrected chi connectivity index (χ0v) is 23.7. The maximum Gasteiger partial charge on any atom is 0.338 e. The summed E-state index contributed by atoms with van der Waals surface area (Å²) in [4.78, 5) is 42.9. The van der Waals surface area contributed by atoms with Gasteiger partial charge in [-0.25, -0.2) is 9.79 Å². The van der Waals surface area contributed by atoms with Crippen LogP contribution >= 0.6 is 11.3 Å². The number of hydrogen-bond donors (Lipinski definition) is 0. The summed E-state index contributed by atoms with van der Waals surface area (Å²) in [6.45, 7) is 4.24. The highest BCUT2D eigenvalue weighted by Crippen LogP contribution is 2.30. The van der Waals surface area contributed by atoms with Gasteiger partial charge in [0.25, 0.3) is 11.2 Å². The second kappa shape index (κ2) is 11.1. The van der Waals surface area contributed by atoms with Crippen LogP contribution < -0.4 is 14.9 Å². The minimum Gasteiger partial charge on any atom is -0.463 e. The fourth-order valence-electron chi connectivity index (χ4n) is 5.32. The topological polar surface area (TPSA) is 109 Å². The quantitative estimate of drug-likeness (QED) is 0.158. The lowest BCUT2D eigenvalue weighted by Gasteiger charge is -2.24. The maximum absolute atomic E-state index is 14.0. The Balaban J connectivity index is 1.47. The number of nitro groups is 1. The number of non-ortho nitro benzene ring substituents is 1.